The van der Waals surface area contributed by atoms with E-state index in [1.807, 2.05) is 13.8 Å². The maximum atomic E-state index is 13.5. The summed E-state index contributed by atoms with van der Waals surface area (Å²) in [4.78, 5) is 64.4. The van der Waals surface area contributed by atoms with E-state index >= 15 is 0 Å². The molecule has 4 rings (SSSR count). The van der Waals surface area contributed by atoms with Crippen LogP contribution < -0.4 is 21.7 Å². The number of halogens is 3. The fourth-order valence-corrected chi connectivity index (χ4v) is 6.17. The van der Waals surface area contributed by atoms with Crippen LogP contribution in [0, 0.1) is 23.2 Å². The van der Waals surface area contributed by atoms with Crippen LogP contribution in [0.2, 0.25) is 0 Å². The molecule has 4 fully saturated rings. The summed E-state index contributed by atoms with van der Waals surface area (Å²) in [7, 11) is 1.18. The van der Waals surface area contributed by atoms with Crippen molar-refractivity contribution in [3.05, 3.63) is 0 Å². The molecule has 38 heavy (non-hydrogen) atoms. The highest BCUT2D eigenvalue weighted by Gasteiger charge is 2.70. The van der Waals surface area contributed by atoms with Crippen LogP contribution >= 0.6 is 0 Å². The van der Waals surface area contributed by atoms with E-state index in [4.69, 9.17) is 10.5 Å². The van der Waals surface area contributed by atoms with E-state index in [1.54, 1.807) is 5.32 Å². The van der Waals surface area contributed by atoms with Crippen LogP contribution in [0.25, 0.3) is 0 Å². The third-order valence-corrected chi connectivity index (χ3v) is 8.84. The smallest absolute Gasteiger partial charge is 0.379 e. The number of likely N-dealkylation sites (tertiary alicyclic amines) is 1. The summed E-state index contributed by atoms with van der Waals surface area (Å²) in [6.45, 7) is 5.24. The monoisotopic (exact) mass is 545 g/mol. The Morgan fingerprint density at radius 3 is 2.34 bits per heavy atom. The highest BCUT2D eigenvalue weighted by atomic mass is 19.4. The molecule has 7 atom stereocenters. The van der Waals surface area contributed by atoms with Crippen molar-refractivity contribution in [3.63, 3.8) is 0 Å². The fourth-order valence-electron chi connectivity index (χ4n) is 6.17. The van der Waals surface area contributed by atoms with Gasteiger partial charge in [0.25, 0.3) is 0 Å². The molecule has 1 spiro atoms. The molecule has 0 unspecified atom stereocenters. The van der Waals surface area contributed by atoms with Gasteiger partial charge in [-0.15, -0.1) is 0 Å². The number of ether oxygens (including phenoxy) is 1. The summed E-state index contributed by atoms with van der Waals surface area (Å²) in [5.41, 5.74) is 4.98. The third kappa shape index (κ3) is 5.06. The van der Waals surface area contributed by atoms with Crippen LogP contribution in [0.3, 0.4) is 0 Å². The first-order valence-corrected chi connectivity index (χ1v) is 12.6. The minimum atomic E-state index is -5.22. The standard InChI is InChI=1S/C24H34F3N5O6/c1-10(38-4)15(30-21(37)24(25,26)27)20(36)32-9-12-14(22(12,2)3)16(32)19(35)29-13(17(28)33)7-11-8-23(5-6-23)31-18(11)34/h10-16H,5-9H2,1-4H3,(H2,28,33)(H,29,35)(H,30,37)(H,31,34)/t10-,11-,12+,13+,14+,15+,16+/m1/s1. The molecule has 0 aromatic carbocycles. The highest BCUT2D eigenvalue weighted by molar-refractivity contribution is 5.96. The summed E-state index contributed by atoms with van der Waals surface area (Å²) in [5.74, 6) is -5.88. The second-order valence-corrected chi connectivity index (χ2v) is 11.6. The first-order valence-electron chi connectivity index (χ1n) is 12.6. The number of nitrogens with zero attached hydrogens (tertiary/aromatic N) is 1. The van der Waals surface area contributed by atoms with Gasteiger partial charge < -0.3 is 31.3 Å². The highest BCUT2D eigenvalue weighted by Crippen LogP contribution is 2.65. The van der Waals surface area contributed by atoms with Gasteiger partial charge in [0, 0.05) is 25.1 Å². The number of piperidine rings is 1. The lowest BCUT2D eigenvalue weighted by Gasteiger charge is -2.35. The van der Waals surface area contributed by atoms with Crippen molar-refractivity contribution < 1.29 is 41.9 Å². The first kappa shape index (κ1) is 28.1. The van der Waals surface area contributed by atoms with Gasteiger partial charge in [0.1, 0.15) is 18.1 Å². The number of fused-ring (bicyclic) bond motifs is 1. The van der Waals surface area contributed by atoms with Gasteiger partial charge in [0.15, 0.2) is 0 Å². The molecule has 5 amide bonds. The molecule has 0 bridgehead atoms. The van der Waals surface area contributed by atoms with E-state index in [-0.39, 0.29) is 41.7 Å². The average molecular weight is 546 g/mol. The lowest BCUT2D eigenvalue weighted by Crippen LogP contribution is -2.61. The molecule has 212 valence electrons. The van der Waals surface area contributed by atoms with E-state index in [0.29, 0.717) is 6.42 Å². The number of carbonyl (C=O) groups excluding carboxylic acids is 5. The summed E-state index contributed by atoms with van der Waals surface area (Å²) in [6.07, 6.45) is -4.11. The molecule has 2 saturated carbocycles. The van der Waals surface area contributed by atoms with Gasteiger partial charge in [-0.25, -0.2) is 0 Å². The van der Waals surface area contributed by atoms with E-state index in [0.717, 1.165) is 17.7 Å². The minimum Gasteiger partial charge on any atom is -0.379 e. The Balaban J connectivity index is 1.52. The Kier molecular flexibility index (Phi) is 6.94. The van der Waals surface area contributed by atoms with Crippen molar-refractivity contribution in [2.45, 2.75) is 82.4 Å². The number of nitrogens with two attached hydrogens (primary N) is 1. The number of rotatable bonds is 9. The number of amides is 5. The number of nitrogens with one attached hydrogen (secondary N) is 3. The Hall–Kier alpha value is -2.90. The molecule has 0 radical (unpaired) electrons. The molecule has 14 heteroatoms. The summed E-state index contributed by atoms with van der Waals surface area (Å²) in [5, 5.41) is 7.21. The van der Waals surface area contributed by atoms with Gasteiger partial charge in [-0.2, -0.15) is 13.2 Å². The summed E-state index contributed by atoms with van der Waals surface area (Å²) >= 11 is 0. The third-order valence-electron chi connectivity index (χ3n) is 8.84. The molecule has 2 heterocycles. The molecule has 5 N–H and O–H groups in total. The first-order chi connectivity index (χ1) is 17.5. The molecular weight excluding hydrogens is 511 g/mol. The fraction of sp³-hybridized carbons (Fsp3) is 0.792. The number of methoxy groups -OCH3 is 1. The van der Waals surface area contributed by atoms with Crippen LogP contribution in [0.1, 0.15) is 46.5 Å². The molecule has 4 aliphatic rings. The van der Waals surface area contributed by atoms with Crippen molar-refractivity contribution in [3.8, 4) is 0 Å². The number of carbonyl (C=O) groups is 5. The topological polar surface area (TPSA) is 160 Å². The molecule has 0 aromatic heterocycles. The van der Waals surface area contributed by atoms with Gasteiger partial charge in [0.05, 0.1) is 6.10 Å². The summed E-state index contributed by atoms with van der Waals surface area (Å²) < 4.78 is 43.9. The van der Waals surface area contributed by atoms with Crippen LogP contribution in [0.15, 0.2) is 0 Å². The lowest BCUT2D eigenvalue weighted by molar-refractivity contribution is -0.176. The molecule has 11 nitrogen and oxygen atoms in total. The number of alkyl halides is 3. The number of hydrogen-bond acceptors (Lipinski definition) is 6. The van der Waals surface area contributed by atoms with Crippen molar-refractivity contribution in [2.24, 2.45) is 28.9 Å². The predicted molar refractivity (Wildman–Crippen MR) is 125 cm³/mol. The molecule has 2 aliphatic carbocycles. The van der Waals surface area contributed by atoms with Gasteiger partial charge in [-0.3, -0.25) is 24.0 Å². The van der Waals surface area contributed by atoms with Crippen LogP contribution in [-0.2, 0) is 28.7 Å². The Morgan fingerprint density at radius 1 is 1.21 bits per heavy atom. The largest absolute Gasteiger partial charge is 0.471 e. The molecule has 0 aromatic rings. The van der Waals surface area contributed by atoms with Crippen LogP contribution in [0.4, 0.5) is 13.2 Å². The van der Waals surface area contributed by atoms with Crippen molar-refractivity contribution in [2.75, 3.05) is 13.7 Å². The lowest BCUT2D eigenvalue weighted by atomic mass is 9.94. The zero-order valence-electron chi connectivity index (χ0n) is 21.7. The maximum Gasteiger partial charge on any atom is 0.471 e. The predicted octanol–water partition coefficient (Wildman–Crippen LogP) is -0.420. The van der Waals surface area contributed by atoms with E-state index < -0.39 is 60.0 Å². The molecule has 2 saturated heterocycles. The van der Waals surface area contributed by atoms with E-state index in [9.17, 15) is 37.1 Å². The van der Waals surface area contributed by atoms with Crippen molar-refractivity contribution >= 4 is 29.5 Å². The zero-order chi connectivity index (χ0) is 28.4. The zero-order valence-corrected chi connectivity index (χ0v) is 21.7. The summed E-state index contributed by atoms with van der Waals surface area (Å²) in [6, 6.07) is -3.98. The normalized spacial score (nSPS) is 30.6. The van der Waals surface area contributed by atoms with E-state index in [1.165, 1.54) is 14.0 Å². The van der Waals surface area contributed by atoms with Gasteiger partial charge in [-0.05, 0) is 49.9 Å². The van der Waals surface area contributed by atoms with Gasteiger partial charge in [-0.1, -0.05) is 13.8 Å². The van der Waals surface area contributed by atoms with Gasteiger partial charge >= 0.3 is 12.1 Å². The van der Waals surface area contributed by atoms with E-state index in [2.05, 4.69) is 10.6 Å². The second kappa shape index (κ2) is 9.38. The average Bonchev–Trinajstić information content (AvgIpc) is 3.54. The molecule has 2 aliphatic heterocycles. The Bertz CT molecular complexity index is 1050. The quantitative estimate of drug-likeness (QED) is 0.308. The van der Waals surface area contributed by atoms with Gasteiger partial charge in [0.2, 0.25) is 23.6 Å². The SMILES string of the molecule is CO[C@H](C)[C@H](NC(=O)C(F)(F)F)C(=O)N1C[C@H]2[C@@H]([C@H]1C(=O)N[C@@H](C[C@@H]1CC3(CC3)NC1=O)C(N)=O)C2(C)C. The molecular formula is C24H34F3N5O6. The minimum absolute atomic E-state index is 0.00220. The Morgan fingerprint density at radius 2 is 1.84 bits per heavy atom. The Labute approximate surface area is 217 Å². The number of primary amides is 1. The van der Waals surface area contributed by atoms with Crippen molar-refractivity contribution in [1.82, 2.24) is 20.9 Å². The van der Waals surface area contributed by atoms with Crippen LogP contribution in [0.5, 0.6) is 0 Å². The van der Waals surface area contributed by atoms with Crippen molar-refractivity contribution in [1.29, 1.82) is 0 Å². The second-order valence-electron chi connectivity index (χ2n) is 11.6. The van der Waals surface area contributed by atoms with Crippen LogP contribution in [-0.4, -0.2) is 84.0 Å². The maximum absolute atomic E-state index is 13.5. The number of hydrogen-bond donors (Lipinski definition) is 4.